The molecule has 0 amide bonds. The molecule has 0 radical (unpaired) electrons. The van der Waals surface area contributed by atoms with Crippen molar-refractivity contribution in [1.29, 1.82) is 0 Å². The van der Waals surface area contributed by atoms with Gasteiger partial charge in [-0.05, 0) is 13.8 Å². The minimum absolute atomic E-state index is 0.857. The van der Waals surface area contributed by atoms with Crippen LogP contribution >= 0.6 is 0 Å². The van der Waals surface area contributed by atoms with Gasteiger partial charge in [0.2, 0.25) is 0 Å². The van der Waals surface area contributed by atoms with Crippen LogP contribution in [0.15, 0.2) is 0 Å². The monoisotopic (exact) mass is 467 g/mol. The Morgan fingerprint density at radius 2 is 1.12 bits per heavy atom. The molecule has 0 aromatic carbocycles. The topological polar surface area (TPSA) is 316 Å². The fraction of sp³-hybridized carbons (Fsp3) is 0.667. The zero-order valence-corrected chi connectivity index (χ0v) is 15.5. The summed E-state index contributed by atoms with van der Waals surface area (Å²) in [4.78, 5) is 63.9. The lowest BCUT2D eigenvalue weighted by Crippen LogP contribution is -2.57. The highest BCUT2D eigenvalue weighted by Crippen LogP contribution is 2.27. The number of nitrogens with zero attached hydrogens (tertiary/aromatic N) is 9. The van der Waals surface area contributed by atoms with Crippen LogP contribution in [-0.2, 0) is 5.79 Å². The average Bonchev–Trinajstić information content (AvgIpc) is 2.60. The number of ether oxygens (including phenoxy) is 2. The van der Waals surface area contributed by atoms with Crippen molar-refractivity contribution < 1.29 is 39.0 Å². The Kier molecular flexibility index (Phi) is 6.88. The number of hydrogen-bond acceptors (Lipinski definition) is 17. The second kappa shape index (κ2) is 8.79. The normalized spacial score (nSPS) is 11.5. The van der Waals surface area contributed by atoms with Gasteiger partial charge in [0.15, 0.2) is 29.5 Å². The van der Waals surface area contributed by atoms with E-state index in [1.165, 1.54) is 13.8 Å². The molecular formula is C9H9N9O14. The highest BCUT2D eigenvalue weighted by molar-refractivity contribution is 5.08. The summed E-state index contributed by atoms with van der Waals surface area (Å²) in [7, 11) is 0. The molecule has 0 saturated heterocycles. The van der Waals surface area contributed by atoms with Crippen molar-refractivity contribution in [1.82, 2.24) is 15.0 Å². The minimum atomic E-state index is -4.44. The summed E-state index contributed by atoms with van der Waals surface area (Å²) in [6.45, 7) is 0.610. The van der Waals surface area contributed by atoms with Gasteiger partial charge in [0.25, 0.3) is 0 Å². The van der Waals surface area contributed by atoms with E-state index in [9.17, 15) is 60.7 Å². The Hall–Kier alpha value is -4.99. The first-order valence-electron chi connectivity index (χ1n) is 7.57. The molecule has 1 aromatic rings. The summed E-state index contributed by atoms with van der Waals surface area (Å²) in [5.74, 6) is -10.5. The van der Waals surface area contributed by atoms with Crippen LogP contribution in [0.5, 0.6) is 12.0 Å². The van der Waals surface area contributed by atoms with E-state index in [0.717, 1.165) is 0 Å². The maximum atomic E-state index is 11.2. The van der Waals surface area contributed by atoms with Crippen LogP contribution in [0, 0.1) is 60.7 Å². The zero-order chi connectivity index (χ0) is 25.0. The number of nitro groups is 6. The van der Waals surface area contributed by atoms with Crippen LogP contribution in [0.3, 0.4) is 0 Å². The summed E-state index contributed by atoms with van der Waals surface area (Å²) in [5, 5.41) is 66.4. The SMILES string of the molecule is CC(C)Oc1nc(OCC([N+](=O)[O-])([N+](=O)[O-])[N+](=O)[O-])nc(C([N+](=O)[O-])([N+](=O)[O-])[N+](=O)[O-])n1. The molecule has 23 nitrogen and oxygen atoms in total. The molecule has 1 heterocycles. The fourth-order valence-corrected chi connectivity index (χ4v) is 1.78. The van der Waals surface area contributed by atoms with Gasteiger partial charge in [0.1, 0.15) is 0 Å². The van der Waals surface area contributed by atoms with Gasteiger partial charge in [-0.15, -0.1) is 4.98 Å². The van der Waals surface area contributed by atoms with Crippen molar-refractivity contribution in [2.45, 2.75) is 31.5 Å². The Morgan fingerprint density at radius 3 is 1.47 bits per heavy atom. The van der Waals surface area contributed by atoms with Crippen LogP contribution in [0.25, 0.3) is 0 Å². The number of rotatable bonds is 12. The number of aromatic nitrogens is 3. The molecule has 23 heteroatoms. The molecule has 0 aliphatic rings. The van der Waals surface area contributed by atoms with Crippen molar-refractivity contribution in [2.75, 3.05) is 6.61 Å². The third-order valence-electron chi connectivity index (χ3n) is 3.27. The third-order valence-corrected chi connectivity index (χ3v) is 3.27. The first kappa shape index (κ1) is 25.0. The predicted molar refractivity (Wildman–Crippen MR) is 87.5 cm³/mol. The minimum Gasteiger partial charge on any atom is -0.461 e. The van der Waals surface area contributed by atoms with Crippen LogP contribution < -0.4 is 9.47 Å². The maximum Gasteiger partial charge on any atom is 0.763 e. The Balaban J connectivity index is 3.71. The summed E-state index contributed by atoms with van der Waals surface area (Å²) in [5.41, 5.74) is 0. The molecule has 0 fully saturated rings. The van der Waals surface area contributed by atoms with Crippen molar-refractivity contribution in [3.8, 4) is 12.0 Å². The lowest BCUT2D eigenvalue weighted by atomic mass is 10.3. The lowest BCUT2D eigenvalue weighted by Gasteiger charge is -2.12. The van der Waals surface area contributed by atoms with Crippen LogP contribution in [0.4, 0.5) is 0 Å². The molecule has 174 valence electrons. The molecule has 0 aliphatic heterocycles. The van der Waals surface area contributed by atoms with Crippen molar-refractivity contribution in [3.05, 3.63) is 66.5 Å². The van der Waals surface area contributed by atoms with E-state index in [2.05, 4.69) is 19.7 Å². The van der Waals surface area contributed by atoms with Gasteiger partial charge in [0.05, 0.1) is 6.10 Å². The molecular weight excluding hydrogens is 458 g/mol. The molecule has 0 bridgehead atoms. The summed E-state index contributed by atoms with van der Waals surface area (Å²) >= 11 is 0. The molecule has 1 rings (SSSR count). The molecule has 0 spiro atoms. The molecule has 0 saturated carbocycles. The number of hydrogen-bond donors (Lipinski definition) is 0. The van der Waals surface area contributed by atoms with Crippen LogP contribution in [-0.4, -0.2) is 63.0 Å². The highest BCUT2D eigenvalue weighted by atomic mass is 16.8. The fourth-order valence-electron chi connectivity index (χ4n) is 1.78. The largest absolute Gasteiger partial charge is 0.763 e. The van der Waals surface area contributed by atoms with Gasteiger partial charge in [-0.1, -0.05) is 0 Å². The quantitative estimate of drug-likeness (QED) is 0.191. The lowest BCUT2D eigenvalue weighted by molar-refractivity contribution is -0.987. The highest BCUT2D eigenvalue weighted by Gasteiger charge is 2.76. The van der Waals surface area contributed by atoms with Crippen molar-refractivity contribution in [3.63, 3.8) is 0 Å². The van der Waals surface area contributed by atoms with Gasteiger partial charge in [-0.2, -0.15) is 9.97 Å². The summed E-state index contributed by atoms with van der Waals surface area (Å²) < 4.78 is 9.31. The van der Waals surface area contributed by atoms with Crippen LogP contribution in [0.1, 0.15) is 19.7 Å². The first-order chi connectivity index (χ1) is 14.6. The smallest absolute Gasteiger partial charge is 0.461 e. The van der Waals surface area contributed by atoms with Gasteiger partial charge < -0.3 is 9.47 Å². The van der Waals surface area contributed by atoms with E-state index < -0.39 is 71.7 Å². The van der Waals surface area contributed by atoms with Gasteiger partial charge >= 0.3 is 36.0 Å². The summed E-state index contributed by atoms with van der Waals surface area (Å²) in [6.07, 6.45) is -0.857. The third kappa shape index (κ3) is 4.14. The Morgan fingerprint density at radius 1 is 0.719 bits per heavy atom. The van der Waals surface area contributed by atoms with Crippen molar-refractivity contribution in [2.24, 2.45) is 0 Å². The standard InChI is InChI=1S/C9H9N9O14/c1-4(2)32-7-11-5(9(16(25)26,17(27)28)18(29)30)10-6(12-7)31-3-8(13(19)20,14(21)22)15(23)24/h4H,3H2,1-2H3. The predicted octanol–water partition coefficient (Wildman–Crippen LogP) is -1.54. The molecule has 1 aromatic heterocycles. The van der Waals surface area contributed by atoms with E-state index >= 15 is 0 Å². The maximum absolute atomic E-state index is 11.2. The average molecular weight is 467 g/mol. The van der Waals surface area contributed by atoms with Gasteiger partial charge in [0, 0.05) is 0 Å². The molecule has 32 heavy (non-hydrogen) atoms. The Labute approximate surface area is 171 Å². The summed E-state index contributed by atoms with van der Waals surface area (Å²) in [6, 6.07) is -2.51. The van der Waals surface area contributed by atoms with Gasteiger partial charge in [-0.3, -0.25) is 60.7 Å². The van der Waals surface area contributed by atoms with E-state index in [4.69, 9.17) is 4.74 Å². The van der Waals surface area contributed by atoms with E-state index in [-0.39, 0.29) is 0 Å². The second-order valence-electron chi connectivity index (χ2n) is 5.63. The van der Waals surface area contributed by atoms with Crippen LogP contribution in [0.2, 0.25) is 0 Å². The first-order valence-corrected chi connectivity index (χ1v) is 7.57. The second-order valence-corrected chi connectivity index (χ2v) is 5.63. The van der Waals surface area contributed by atoms with E-state index in [0.29, 0.717) is 0 Å². The molecule has 0 N–H and O–H groups in total. The molecule has 0 atom stereocenters. The molecule has 0 aliphatic carbocycles. The van der Waals surface area contributed by atoms with E-state index in [1.807, 2.05) is 0 Å². The van der Waals surface area contributed by atoms with Gasteiger partial charge in [-0.25, -0.2) is 0 Å². The van der Waals surface area contributed by atoms with E-state index in [1.54, 1.807) is 0 Å². The zero-order valence-electron chi connectivity index (χ0n) is 15.5. The molecule has 0 unspecified atom stereocenters. The Bertz CT molecular complexity index is 922. The van der Waals surface area contributed by atoms with Crippen molar-refractivity contribution >= 4 is 0 Å².